The summed E-state index contributed by atoms with van der Waals surface area (Å²) in [5, 5.41) is 8.54. The Kier molecular flexibility index (Phi) is 11.9. The van der Waals surface area contributed by atoms with Gasteiger partial charge in [-0.25, -0.2) is 0 Å². The topological polar surface area (TPSA) is 20.2 Å². The zero-order chi connectivity index (χ0) is 10.5. The number of aliphatic hydroxyl groups is 1. The zero-order valence-corrected chi connectivity index (χ0v) is 9.41. The van der Waals surface area contributed by atoms with Crippen LogP contribution in [0.15, 0.2) is 24.3 Å². The molecular weight excluding hydrogens is 172 g/mol. The van der Waals surface area contributed by atoms with Crippen molar-refractivity contribution in [3.05, 3.63) is 24.3 Å². The van der Waals surface area contributed by atoms with Gasteiger partial charge in [-0.3, -0.25) is 0 Å². The minimum atomic E-state index is 0.307. The van der Waals surface area contributed by atoms with E-state index >= 15 is 0 Å². The fraction of sp³-hybridized carbons (Fsp3) is 0.692. The lowest BCUT2D eigenvalue weighted by atomic mass is 10.2. The molecular formula is C13H24O. The van der Waals surface area contributed by atoms with Gasteiger partial charge in [-0.2, -0.15) is 0 Å². The van der Waals surface area contributed by atoms with Gasteiger partial charge in [0.2, 0.25) is 0 Å². The molecule has 1 heteroatoms. The van der Waals surface area contributed by atoms with Gasteiger partial charge >= 0.3 is 0 Å². The lowest BCUT2D eigenvalue weighted by Crippen LogP contribution is -1.78. The first-order chi connectivity index (χ1) is 6.91. The van der Waals surface area contributed by atoms with E-state index in [0.29, 0.717) is 6.61 Å². The number of hydrogen-bond acceptors (Lipinski definition) is 1. The van der Waals surface area contributed by atoms with E-state index in [9.17, 15) is 0 Å². The first-order valence-corrected chi connectivity index (χ1v) is 5.82. The van der Waals surface area contributed by atoms with Crippen molar-refractivity contribution in [3.63, 3.8) is 0 Å². The quantitative estimate of drug-likeness (QED) is 0.439. The molecule has 0 bridgehead atoms. The Bertz CT molecular complexity index is 129. The fourth-order valence-corrected chi connectivity index (χ4v) is 1.19. The molecule has 0 saturated heterocycles. The summed E-state index contributed by atoms with van der Waals surface area (Å²) >= 11 is 0. The molecule has 0 rings (SSSR count). The highest BCUT2D eigenvalue weighted by Gasteiger charge is 1.80. The number of hydrogen-bond donors (Lipinski definition) is 1. The molecule has 0 fully saturated rings. The Hall–Kier alpha value is -0.560. The summed E-state index contributed by atoms with van der Waals surface area (Å²) < 4.78 is 0. The molecule has 0 radical (unpaired) electrons. The Morgan fingerprint density at radius 3 is 1.79 bits per heavy atom. The normalized spacial score (nSPS) is 11.9. The van der Waals surface area contributed by atoms with Crippen LogP contribution in [0.3, 0.4) is 0 Å². The van der Waals surface area contributed by atoms with Crippen molar-refractivity contribution in [2.24, 2.45) is 0 Å². The van der Waals surface area contributed by atoms with E-state index in [-0.39, 0.29) is 0 Å². The smallest absolute Gasteiger partial charge is 0.0433 e. The molecule has 14 heavy (non-hydrogen) atoms. The van der Waals surface area contributed by atoms with E-state index in [1.54, 1.807) is 0 Å². The third kappa shape index (κ3) is 11.4. The largest absolute Gasteiger partial charge is 0.396 e. The Morgan fingerprint density at radius 1 is 0.786 bits per heavy atom. The van der Waals surface area contributed by atoms with Gasteiger partial charge in [0.25, 0.3) is 0 Å². The maximum Gasteiger partial charge on any atom is 0.0433 e. The Labute approximate surface area is 88.5 Å². The van der Waals surface area contributed by atoms with Crippen LogP contribution in [0.5, 0.6) is 0 Å². The van der Waals surface area contributed by atoms with Gasteiger partial charge in [-0.1, -0.05) is 44.1 Å². The summed E-state index contributed by atoms with van der Waals surface area (Å²) in [4.78, 5) is 0. The first kappa shape index (κ1) is 13.4. The van der Waals surface area contributed by atoms with Gasteiger partial charge in [-0.05, 0) is 32.1 Å². The van der Waals surface area contributed by atoms with Crippen LogP contribution in [-0.2, 0) is 0 Å². The highest BCUT2D eigenvalue weighted by Crippen LogP contribution is 1.99. The van der Waals surface area contributed by atoms with Crippen LogP contribution in [0.4, 0.5) is 0 Å². The number of aliphatic hydroxyl groups excluding tert-OH is 1. The van der Waals surface area contributed by atoms with Gasteiger partial charge in [0.15, 0.2) is 0 Å². The Balaban J connectivity index is 3.11. The van der Waals surface area contributed by atoms with Crippen LogP contribution in [0.25, 0.3) is 0 Å². The molecule has 0 aromatic heterocycles. The average Bonchev–Trinajstić information content (AvgIpc) is 2.21. The summed E-state index contributed by atoms with van der Waals surface area (Å²) in [7, 11) is 0. The van der Waals surface area contributed by atoms with Gasteiger partial charge in [0.05, 0.1) is 0 Å². The molecule has 0 aromatic carbocycles. The summed E-state index contributed by atoms with van der Waals surface area (Å²) in [5.74, 6) is 0. The minimum absolute atomic E-state index is 0.307. The van der Waals surface area contributed by atoms with Crippen molar-refractivity contribution in [2.75, 3.05) is 6.61 Å². The molecule has 0 spiro atoms. The van der Waals surface area contributed by atoms with Crippen LogP contribution in [0.1, 0.15) is 51.9 Å². The molecule has 1 N–H and O–H groups in total. The minimum Gasteiger partial charge on any atom is -0.396 e. The Morgan fingerprint density at radius 2 is 1.29 bits per heavy atom. The van der Waals surface area contributed by atoms with Crippen LogP contribution in [0, 0.1) is 0 Å². The van der Waals surface area contributed by atoms with Gasteiger partial charge in [-0.15, -0.1) is 0 Å². The van der Waals surface area contributed by atoms with Crippen LogP contribution < -0.4 is 0 Å². The van der Waals surface area contributed by atoms with Crippen LogP contribution in [-0.4, -0.2) is 11.7 Å². The predicted molar refractivity (Wildman–Crippen MR) is 63.4 cm³/mol. The fourth-order valence-electron chi connectivity index (χ4n) is 1.19. The summed E-state index contributed by atoms with van der Waals surface area (Å²) in [6.45, 7) is 2.53. The molecule has 0 atom stereocenters. The third-order valence-corrected chi connectivity index (χ3v) is 2.09. The third-order valence-electron chi connectivity index (χ3n) is 2.09. The van der Waals surface area contributed by atoms with Crippen molar-refractivity contribution < 1.29 is 5.11 Å². The van der Waals surface area contributed by atoms with E-state index in [1.165, 1.54) is 19.3 Å². The highest BCUT2D eigenvalue weighted by atomic mass is 16.2. The molecule has 0 amide bonds. The molecule has 0 aliphatic heterocycles. The van der Waals surface area contributed by atoms with E-state index in [2.05, 4.69) is 31.2 Å². The molecule has 0 aromatic rings. The van der Waals surface area contributed by atoms with Crippen molar-refractivity contribution in [1.29, 1.82) is 0 Å². The molecule has 0 heterocycles. The molecule has 0 aliphatic carbocycles. The van der Waals surface area contributed by atoms with Crippen molar-refractivity contribution in [2.45, 2.75) is 51.9 Å². The van der Waals surface area contributed by atoms with E-state index < -0.39 is 0 Å². The number of allylic oxidation sites excluding steroid dienone is 4. The van der Waals surface area contributed by atoms with Crippen LogP contribution >= 0.6 is 0 Å². The standard InChI is InChI=1S/C13H24O/c1-2-3-4-5-6-7-8-9-10-11-12-13-14/h5-6,9-10,14H,2-4,7-8,11-13H2,1H3. The van der Waals surface area contributed by atoms with Crippen LogP contribution in [0.2, 0.25) is 0 Å². The predicted octanol–water partition coefficient (Wildman–Crippen LogP) is 3.84. The van der Waals surface area contributed by atoms with Gasteiger partial charge in [0, 0.05) is 6.61 Å². The molecule has 82 valence electrons. The second kappa shape index (κ2) is 12.4. The lowest BCUT2D eigenvalue weighted by molar-refractivity contribution is 0.289. The van der Waals surface area contributed by atoms with Crippen molar-refractivity contribution in [3.8, 4) is 0 Å². The lowest BCUT2D eigenvalue weighted by Gasteiger charge is -1.90. The maximum atomic E-state index is 8.54. The molecule has 1 nitrogen and oxygen atoms in total. The van der Waals surface area contributed by atoms with Gasteiger partial charge < -0.3 is 5.11 Å². The zero-order valence-electron chi connectivity index (χ0n) is 9.41. The maximum absolute atomic E-state index is 8.54. The highest BCUT2D eigenvalue weighted by molar-refractivity contribution is 4.87. The second-order valence-electron chi connectivity index (χ2n) is 3.53. The van der Waals surface area contributed by atoms with Crippen molar-refractivity contribution >= 4 is 0 Å². The number of unbranched alkanes of at least 4 members (excludes halogenated alkanes) is 4. The molecule has 0 aliphatic rings. The molecule has 0 saturated carbocycles. The van der Waals surface area contributed by atoms with Crippen molar-refractivity contribution in [1.82, 2.24) is 0 Å². The van der Waals surface area contributed by atoms with Gasteiger partial charge in [0.1, 0.15) is 0 Å². The van der Waals surface area contributed by atoms with E-state index in [0.717, 1.165) is 25.7 Å². The molecule has 0 unspecified atom stereocenters. The monoisotopic (exact) mass is 196 g/mol. The number of rotatable bonds is 9. The average molecular weight is 196 g/mol. The summed E-state index contributed by atoms with van der Waals surface area (Å²) in [5.41, 5.74) is 0. The summed E-state index contributed by atoms with van der Waals surface area (Å²) in [6.07, 6.45) is 16.9. The second-order valence-corrected chi connectivity index (χ2v) is 3.53. The SMILES string of the molecule is CCCCC=CCCC=CCCCO. The van der Waals surface area contributed by atoms with E-state index in [4.69, 9.17) is 5.11 Å². The summed E-state index contributed by atoms with van der Waals surface area (Å²) in [6, 6.07) is 0. The first-order valence-electron chi connectivity index (χ1n) is 5.82. The van der Waals surface area contributed by atoms with E-state index in [1.807, 2.05) is 0 Å².